The SMILES string of the molecule is CO/N=C(\C(=O)NC1C(=O)N2C(C(=O)O)=C(CSc3cncs3)CS[C@@H]12)c1csc(N)n1. The molecule has 4 N–H and O–H groups in total. The molecular formula is C17H16N6O5S4. The number of aliphatic carboxylic acids is 1. The molecule has 15 heteroatoms. The first-order chi connectivity index (χ1) is 15.4. The number of thioether (sulfide) groups is 2. The van der Waals surface area contributed by atoms with Crippen LogP contribution in [-0.2, 0) is 19.2 Å². The number of fused-ring (bicyclic) bond motifs is 1. The van der Waals surface area contributed by atoms with Gasteiger partial charge in [-0.05, 0) is 5.57 Å². The summed E-state index contributed by atoms with van der Waals surface area (Å²) in [6.07, 6.45) is 1.71. The standard InChI is InChI=1S/C17H16N6O5S4/c1-28-22-10(8-5-31-17(18)20-8)13(24)21-11-14(25)23-12(16(26)27)7(4-30-15(11)23)3-29-9-2-19-6-32-9/h2,5-6,11,15H,3-4H2,1H3,(H2,18,20)(H,21,24)(H,26,27)/b22-10-/t11?,15-/m0/s1. The van der Waals surface area contributed by atoms with Crippen molar-refractivity contribution in [2.45, 2.75) is 15.6 Å². The van der Waals surface area contributed by atoms with Crippen molar-refractivity contribution in [1.82, 2.24) is 20.2 Å². The van der Waals surface area contributed by atoms with Crippen molar-refractivity contribution in [1.29, 1.82) is 0 Å². The quantitative estimate of drug-likeness (QED) is 0.202. The van der Waals surface area contributed by atoms with E-state index in [-0.39, 0.29) is 22.2 Å². The lowest BCUT2D eigenvalue weighted by atomic mass is 10.0. The van der Waals surface area contributed by atoms with E-state index in [1.54, 1.807) is 17.1 Å². The zero-order valence-corrected chi connectivity index (χ0v) is 19.6. The molecule has 2 aromatic rings. The Morgan fingerprint density at radius 1 is 1.47 bits per heavy atom. The van der Waals surface area contributed by atoms with Crippen LogP contribution in [0.3, 0.4) is 0 Å². The molecule has 2 amide bonds. The van der Waals surface area contributed by atoms with E-state index < -0.39 is 29.2 Å². The van der Waals surface area contributed by atoms with Crippen LogP contribution >= 0.6 is 46.2 Å². The number of carboxylic acids is 1. The van der Waals surface area contributed by atoms with Crippen molar-refractivity contribution in [3.05, 3.63) is 34.1 Å². The molecule has 1 saturated heterocycles. The summed E-state index contributed by atoms with van der Waals surface area (Å²) >= 11 is 5.47. The first kappa shape index (κ1) is 22.6. The number of thiazole rings is 2. The molecule has 1 fully saturated rings. The number of oxime groups is 1. The Kier molecular flexibility index (Phi) is 6.68. The van der Waals surface area contributed by atoms with Crippen LogP contribution in [0.25, 0.3) is 0 Å². The van der Waals surface area contributed by atoms with E-state index in [0.29, 0.717) is 17.1 Å². The van der Waals surface area contributed by atoms with Gasteiger partial charge in [0.15, 0.2) is 10.8 Å². The second-order valence-corrected chi connectivity index (χ2v) is 10.6. The molecule has 0 radical (unpaired) electrons. The molecule has 168 valence electrons. The molecule has 1 unspecified atom stereocenters. The second-order valence-electron chi connectivity index (χ2n) is 6.42. The zero-order valence-electron chi connectivity index (χ0n) is 16.4. The molecule has 4 rings (SSSR count). The molecule has 0 aliphatic carbocycles. The van der Waals surface area contributed by atoms with Crippen molar-refractivity contribution >= 4 is 74.8 Å². The third kappa shape index (κ3) is 4.32. The first-order valence-corrected chi connectivity index (χ1v) is 12.7. The maximum Gasteiger partial charge on any atom is 0.352 e. The lowest BCUT2D eigenvalue weighted by Gasteiger charge is -2.49. The van der Waals surface area contributed by atoms with E-state index in [9.17, 15) is 19.5 Å². The van der Waals surface area contributed by atoms with Crippen LogP contribution in [0.5, 0.6) is 0 Å². The summed E-state index contributed by atoms with van der Waals surface area (Å²) in [5.41, 5.74) is 8.05. The Balaban J connectivity index is 1.49. The van der Waals surface area contributed by atoms with Crippen LogP contribution < -0.4 is 11.1 Å². The first-order valence-electron chi connectivity index (χ1n) is 8.95. The third-order valence-corrected chi connectivity index (χ3v) is 8.60. The number of nitrogens with two attached hydrogens (primary N) is 1. The van der Waals surface area contributed by atoms with Gasteiger partial charge in [0.1, 0.15) is 29.9 Å². The zero-order chi connectivity index (χ0) is 22.8. The average molecular weight is 513 g/mol. The highest BCUT2D eigenvalue weighted by atomic mass is 32.2. The summed E-state index contributed by atoms with van der Waals surface area (Å²) in [6.45, 7) is 0. The molecule has 0 saturated carbocycles. The van der Waals surface area contributed by atoms with Gasteiger partial charge in [0.25, 0.3) is 11.8 Å². The number of hydrogen-bond acceptors (Lipinski definition) is 12. The number of β-lactam (4-membered cyclic amide) rings is 1. The van der Waals surface area contributed by atoms with Gasteiger partial charge in [0.05, 0.1) is 15.9 Å². The number of nitrogens with one attached hydrogen (secondary N) is 1. The summed E-state index contributed by atoms with van der Waals surface area (Å²) in [4.78, 5) is 51.5. The number of nitrogen functional groups attached to an aromatic ring is 1. The Hall–Kier alpha value is -2.62. The van der Waals surface area contributed by atoms with Gasteiger partial charge in [-0.25, -0.2) is 9.78 Å². The van der Waals surface area contributed by atoms with Crippen molar-refractivity contribution in [2.75, 3.05) is 24.3 Å². The second kappa shape index (κ2) is 9.48. The van der Waals surface area contributed by atoms with Crippen LogP contribution in [0.4, 0.5) is 5.13 Å². The molecule has 2 aliphatic rings. The van der Waals surface area contributed by atoms with Crippen molar-refractivity contribution in [3.8, 4) is 0 Å². The van der Waals surface area contributed by atoms with E-state index in [1.165, 1.54) is 46.9 Å². The minimum atomic E-state index is -1.17. The minimum absolute atomic E-state index is 0.0284. The van der Waals surface area contributed by atoms with E-state index in [2.05, 4.69) is 20.4 Å². The Morgan fingerprint density at radius 2 is 2.28 bits per heavy atom. The molecule has 2 atom stereocenters. The molecule has 32 heavy (non-hydrogen) atoms. The highest BCUT2D eigenvalue weighted by molar-refractivity contribution is 8.02. The Labute approximate surface area is 198 Å². The molecular weight excluding hydrogens is 496 g/mol. The fourth-order valence-electron chi connectivity index (χ4n) is 3.13. The smallest absolute Gasteiger partial charge is 0.352 e. The molecule has 0 bridgehead atoms. The Bertz CT molecular complexity index is 1110. The fraction of sp³-hybridized carbons (Fsp3) is 0.294. The van der Waals surface area contributed by atoms with Gasteiger partial charge in [-0.15, -0.1) is 46.2 Å². The molecule has 2 aliphatic heterocycles. The van der Waals surface area contributed by atoms with Gasteiger partial charge in [0.2, 0.25) is 0 Å². The van der Waals surface area contributed by atoms with E-state index in [0.717, 1.165) is 15.5 Å². The number of anilines is 1. The summed E-state index contributed by atoms with van der Waals surface area (Å²) in [7, 11) is 1.28. The van der Waals surface area contributed by atoms with Crippen LogP contribution in [0.2, 0.25) is 0 Å². The number of carboxylic acid groups (broad SMARTS) is 1. The number of nitrogens with zero attached hydrogens (tertiary/aromatic N) is 4. The largest absolute Gasteiger partial charge is 0.477 e. The number of amides is 2. The Morgan fingerprint density at radius 3 is 2.91 bits per heavy atom. The monoisotopic (exact) mass is 512 g/mol. The predicted octanol–water partition coefficient (Wildman–Crippen LogP) is 1.06. The fourth-order valence-corrected chi connectivity index (χ4v) is 6.77. The van der Waals surface area contributed by atoms with Gasteiger partial charge in [-0.1, -0.05) is 5.16 Å². The van der Waals surface area contributed by atoms with Gasteiger partial charge in [-0.2, -0.15) is 0 Å². The summed E-state index contributed by atoms with van der Waals surface area (Å²) in [5.74, 6) is -1.48. The number of rotatable bonds is 8. The number of hydrogen-bond donors (Lipinski definition) is 3. The van der Waals surface area contributed by atoms with Crippen molar-refractivity contribution < 1.29 is 24.3 Å². The number of carbonyl (C=O) groups excluding carboxylic acids is 2. The maximum atomic E-state index is 12.8. The minimum Gasteiger partial charge on any atom is -0.477 e. The number of aromatic nitrogens is 2. The third-order valence-electron chi connectivity index (χ3n) is 4.50. The van der Waals surface area contributed by atoms with Crippen molar-refractivity contribution in [2.24, 2.45) is 5.16 Å². The number of carbonyl (C=O) groups is 3. The van der Waals surface area contributed by atoms with Crippen molar-refractivity contribution in [3.63, 3.8) is 0 Å². The normalized spacial score (nSPS) is 20.6. The molecule has 0 aromatic carbocycles. The van der Waals surface area contributed by atoms with Crippen LogP contribution in [0.15, 0.2) is 37.7 Å². The van der Waals surface area contributed by atoms with Gasteiger partial charge < -0.3 is 21.0 Å². The van der Waals surface area contributed by atoms with Gasteiger partial charge in [0, 0.05) is 16.9 Å². The molecule has 11 nitrogen and oxygen atoms in total. The summed E-state index contributed by atoms with van der Waals surface area (Å²) < 4.78 is 0.960. The molecule has 4 heterocycles. The van der Waals surface area contributed by atoms with Crippen LogP contribution in [-0.4, -0.2) is 73.5 Å². The lowest BCUT2D eigenvalue weighted by Crippen LogP contribution is -2.71. The van der Waals surface area contributed by atoms with E-state index in [1.807, 2.05) is 0 Å². The van der Waals surface area contributed by atoms with Gasteiger partial charge >= 0.3 is 5.97 Å². The highest BCUT2D eigenvalue weighted by Crippen LogP contribution is 2.41. The highest BCUT2D eigenvalue weighted by Gasteiger charge is 2.54. The summed E-state index contributed by atoms with van der Waals surface area (Å²) in [5, 5.41) is 17.4. The molecule has 2 aromatic heterocycles. The van der Waals surface area contributed by atoms with Crippen LogP contribution in [0, 0.1) is 0 Å². The predicted molar refractivity (Wildman–Crippen MR) is 123 cm³/mol. The van der Waals surface area contributed by atoms with E-state index >= 15 is 0 Å². The topological polar surface area (TPSA) is 160 Å². The summed E-state index contributed by atoms with van der Waals surface area (Å²) in [6, 6.07) is -0.893. The maximum absolute atomic E-state index is 12.8. The van der Waals surface area contributed by atoms with Crippen LogP contribution in [0.1, 0.15) is 5.69 Å². The molecule has 0 spiro atoms. The average Bonchev–Trinajstić information content (AvgIpc) is 3.45. The van der Waals surface area contributed by atoms with Gasteiger partial charge in [-0.3, -0.25) is 19.5 Å². The lowest BCUT2D eigenvalue weighted by molar-refractivity contribution is -0.150. The van der Waals surface area contributed by atoms with E-state index in [4.69, 9.17) is 10.6 Å².